The fourth-order valence-electron chi connectivity index (χ4n) is 2.10. The molecule has 1 fully saturated rings. The Kier molecular flexibility index (Phi) is 7.01. The highest BCUT2D eigenvalue weighted by Gasteiger charge is 2.33. The Hall–Kier alpha value is -1.86. The van der Waals surface area contributed by atoms with E-state index in [1.54, 1.807) is 19.9 Å². The third-order valence-corrected chi connectivity index (χ3v) is 4.56. The number of amides is 1. The Balaban J connectivity index is 2.05. The highest BCUT2D eigenvalue weighted by molar-refractivity contribution is 8.26. The van der Waals surface area contributed by atoms with Crippen LogP contribution in [0, 0.1) is 0 Å². The van der Waals surface area contributed by atoms with Gasteiger partial charge in [0, 0.05) is 0 Å². The van der Waals surface area contributed by atoms with Gasteiger partial charge >= 0.3 is 5.97 Å². The van der Waals surface area contributed by atoms with Crippen molar-refractivity contribution in [1.82, 2.24) is 4.90 Å². The van der Waals surface area contributed by atoms with E-state index >= 15 is 0 Å². The SMILES string of the molecule is CCCOc1ccc(C=C2SC(=S)N(CC(=O)OC(C)C)C2=O)cc1. The van der Waals surface area contributed by atoms with E-state index in [-0.39, 0.29) is 18.6 Å². The predicted molar refractivity (Wildman–Crippen MR) is 103 cm³/mol. The summed E-state index contributed by atoms with van der Waals surface area (Å²) >= 11 is 6.40. The number of hydrogen-bond acceptors (Lipinski definition) is 6. The van der Waals surface area contributed by atoms with E-state index < -0.39 is 5.97 Å². The smallest absolute Gasteiger partial charge is 0.326 e. The maximum atomic E-state index is 12.5. The fraction of sp³-hybridized carbons (Fsp3) is 0.389. The number of esters is 1. The van der Waals surface area contributed by atoms with E-state index in [0.29, 0.717) is 15.8 Å². The number of benzene rings is 1. The van der Waals surface area contributed by atoms with Crippen LogP contribution in [0.2, 0.25) is 0 Å². The van der Waals surface area contributed by atoms with Crippen molar-refractivity contribution in [2.45, 2.75) is 33.3 Å². The summed E-state index contributed by atoms with van der Waals surface area (Å²) in [4.78, 5) is 26.0. The zero-order valence-corrected chi connectivity index (χ0v) is 16.1. The van der Waals surface area contributed by atoms with Gasteiger partial charge in [0.25, 0.3) is 5.91 Å². The molecule has 0 spiro atoms. The van der Waals surface area contributed by atoms with E-state index in [4.69, 9.17) is 21.7 Å². The second-order valence-corrected chi connectivity index (χ2v) is 7.40. The van der Waals surface area contributed by atoms with Crippen LogP contribution in [0.5, 0.6) is 5.75 Å². The quantitative estimate of drug-likeness (QED) is 0.410. The normalized spacial score (nSPS) is 16.0. The highest BCUT2D eigenvalue weighted by atomic mass is 32.2. The lowest BCUT2D eigenvalue weighted by Gasteiger charge is -2.14. The van der Waals surface area contributed by atoms with Gasteiger partial charge in [-0.2, -0.15) is 0 Å². The third-order valence-electron chi connectivity index (χ3n) is 3.18. The molecule has 0 saturated carbocycles. The summed E-state index contributed by atoms with van der Waals surface area (Å²) in [6, 6.07) is 7.49. The Morgan fingerprint density at radius 2 is 2.00 bits per heavy atom. The molecular weight excluding hydrogens is 358 g/mol. The summed E-state index contributed by atoms with van der Waals surface area (Å²) in [5.74, 6) is 0.0509. The van der Waals surface area contributed by atoms with E-state index in [0.717, 1.165) is 17.7 Å². The lowest BCUT2D eigenvalue weighted by Crippen LogP contribution is -2.35. The maximum Gasteiger partial charge on any atom is 0.326 e. The van der Waals surface area contributed by atoms with E-state index in [1.807, 2.05) is 31.2 Å². The first-order valence-electron chi connectivity index (χ1n) is 8.08. The van der Waals surface area contributed by atoms with Crippen molar-refractivity contribution >= 4 is 46.3 Å². The average molecular weight is 380 g/mol. The first-order valence-corrected chi connectivity index (χ1v) is 9.31. The molecule has 0 N–H and O–H groups in total. The molecule has 1 saturated heterocycles. The van der Waals surface area contributed by atoms with Gasteiger partial charge < -0.3 is 9.47 Å². The first-order chi connectivity index (χ1) is 11.9. The molecular formula is C18H21NO4S2. The van der Waals surface area contributed by atoms with E-state index in [1.165, 1.54) is 16.7 Å². The second kappa shape index (κ2) is 9.01. The Labute approximate surface area is 157 Å². The highest BCUT2D eigenvalue weighted by Crippen LogP contribution is 2.32. The van der Waals surface area contributed by atoms with Crippen LogP contribution in [0.15, 0.2) is 29.2 Å². The van der Waals surface area contributed by atoms with Crippen LogP contribution >= 0.6 is 24.0 Å². The number of rotatable bonds is 7. The van der Waals surface area contributed by atoms with Gasteiger partial charge in [-0.3, -0.25) is 14.5 Å². The van der Waals surface area contributed by atoms with Gasteiger partial charge in [-0.25, -0.2) is 0 Å². The summed E-state index contributed by atoms with van der Waals surface area (Å²) in [5.41, 5.74) is 0.870. The molecule has 1 aliphatic heterocycles. The van der Waals surface area contributed by atoms with Gasteiger partial charge in [-0.15, -0.1) is 0 Å². The molecule has 1 aromatic rings. The van der Waals surface area contributed by atoms with Crippen molar-refractivity contribution in [3.63, 3.8) is 0 Å². The molecule has 0 radical (unpaired) electrons. The van der Waals surface area contributed by atoms with Crippen molar-refractivity contribution in [2.24, 2.45) is 0 Å². The van der Waals surface area contributed by atoms with Crippen LogP contribution in [-0.4, -0.2) is 40.4 Å². The Morgan fingerprint density at radius 3 is 2.60 bits per heavy atom. The summed E-state index contributed by atoms with van der Waals surface area (Å²) < 4.78 is 11.0. The third kappa shape index (κ3) is 5.57. The van der Waals surface area contributed by atoms with Gasteiger partial charge in [-0.1, -0.05) is 43.0 Å². The van der Waals surface area contributed by atoms with Crippen LogP contribution in [0.3, 0.4) is 0 Å². The molecule has 134 valence electrons. The number of nitrogens with zero attached hydrogens (tertiary/aromatic N) is 1. The van der Waals surface area contributed by atoms with Crippen LogP contribution < -0.4 is 4.74 Å². The van der Waals surface area contributed by atoms with Crippen LogP contribution in [-0.2, 0) is 14.3 Å². The lowest BCUT2D eigenvalue weighted by molar-refractivity contribution is -0.149. The van der Waals surface area contributed by atoms with Crippen molar-refractivity contribution in [3.8, 4) is 5.75 Å². The minimum absolute atomic E-state index is 0.163. The molecule has 1 aromatic carbocycles. The predicted octanol–water partition coefficient (Wildman–Crippen LogP) is 3.63. The van der Waals surface area contributed by atoms with Crippen molar-refractivity contribution in [2.75, 3.05) is 13.2 Å². The molecule has 0 unspecified atom stereocenters. The Bertz CT molecular complexity index is 683. The molecule has 5 nitrogen and oxygen atoms in total. The number of thioether (sulfide) groups is 1. The second-order valence-electron chi connectivity index (χ2n) is 5.72. The molecule has 0 bridgehead atoms. The molecule has 1 amide bonds. The largest absolute Gasteiger partial charge is 0.494 e. The van der Waals surface area contributed by atoms with Crippen LogP contribution in [0.25, 0.3) is 6.08 Å². The zero-order chi connectivity index (χ0) is 18.4. The number of thiocarbonyl (C=S) groups is 1. The fourth-order valence-corrected chi connectivity index (χ4v) is 3.35. The molecule has 1 heterocycles. The van der Waals surface area contributed by atoms with Crippen LogP contribution in [0.4, 0.5) is 0 Å². The maximum absolute atomic E-state index is 12.5. The van der Waals surface area contributed by atoms with Gasteiger partial charge in [0.05, 0.1) is 17.6 Å². The summed E-state index contributed by atoms with van der Waals surface area (Å²) in [7, 11) is 0. The van der Waals surface area contributed by atoms with Crippen molar-refractivity contribution in [3.05, 3.63) is 34.7 Å². The summed E-state index contributed by atoms with van der Waals surface area (Å²) in [6.45, 7) is 6.08. The van der Waals surface area contributed by atoms with Gasteiger partial charge in [0.1, 0.15) is 16.6 Å². The van der Waals surface area contributed by atoms with Gasteiger partial charge in [0.2, 0.25) is 0 Å². The average Bonchev–Trinajstić information content (AvgIpc) is 2.81. The standard InChI is InChI=1S/C18H21NO4S2/c1-4-9-22-14-7-5-13(6-8-14)10-15-17(21)19(18(24)25-15)11-16(20)23-12(2)3/h5-8,10,12H,4,9,11H2,1-3H3. The first kappa shape index (κ1) is 19.5. The zero-order valence-electron chi connectivity index (χ0n) is 14.5. The Morgan fingerprint density at radius 1 is 1.32 bits per heavy atom. The topological polar surface area (TPSA) is 55.8 Å². The number of carbonyl (C=O) groups is 2. The van der Waals surface area contributed by atoms with E-state index in [2.05, 4.69) is 0 Å². The van der Waals surface area contributed by atoms with Gasteiger partial charge in [-0.05, 0) is 44.0 Å². The number of ether oxygens (including phenoxy) is 2. The number of hydrogen-bond donors (Lipinski definition) is 0. The van der Waals surface area contributed by atoms with E-state index in [9.17, 15) is 9.59 Å². The van der Waals surface area contributed by atoms with Crippen LogP contribution in [0.1, 0.15) is 32.8 Å². The van der Waals surface area contributed by atoms with Crippen molar-refractivity contribution < 1.29 is 19.1 Å². The molecule has 0 atom stereocenters. The molecule has 1 aliphatic rings. The monoisotopic (exact) mass is 379 g/mol. The summed E-state index contributed by atoms with van der Waals surface area (Å²) in [5, 5.41) is 0. The molecule has 2 rings (SSSR count). The number of carbonyl (C=O) groups excluding carboxylic acids is 2. The summed E-state index contributed by atoms with van der Waals surface area (Å²) in [6.07, 6.45) is 2.48. The molecule has 7 heteroatoms. The lowest BCUT2D eigenvalue weighted by atomic mass is 10.2. The van der Waals surface area contributed by atoms with Gasteiger partial charge in [0.15, 0.2) is 0 Å². The molecule has 0 aromatic heterocycles. The van der Waals surface area contributed by atoms with Crippen molar-refractivity contribution in [1.29, 1.82) is 0 Å². The minimum atomic E-state index is -0.468. The molecule has 0 aliphatic carbocycles. The minimum Gasteiger partial charge on any atom is -0.494 e. The molecule has 25 heavy (non-hydrogen) atoms.